The van der Waals surface area contributed by atoms with Gasteiger partial charge < -0.3 is 5.73 Å². The van der Waals surface area contributed by atoms with Crippen LogP contribution in [0.25, 0.3) is 33.4 Å². The Morgan fingerprint density at radius 3 is 2.88 bits per heavy atom. The second-order valence-corrected chi connectivity index (χ2v) is 6.82. The van der Waals surface area contributed by atoms with Crippen LogP contribution in [0.1, 0.15) is 22.3 Å². The van der Waals surface area contributed by atoms with E-state index in [1.807, 2.05) is 56.6 Å². The Morgan fingerprint density at radius 1 is 1.27 bits per heavy atom. The number of rotatable bonds is 4. The van der Waals surface area contributed by atoms with Crippen LogP contribution in [0.5, 0.6) is 0 Å². The third-order valence-corrected chi connectivity index (χ3v) is 5.10. The Labute approximate surface area is 154 Å². The number of hydrogen-bond donors (Lipinski definition) is 1. The minimum Gasteiger partial charge on any atom is -0.365 e. The van der Waals surface area contributed by atoms with Gasteiger partial charge in [-0.05, 0) is 42.2 Å². The van der Waals surface area contributed by atoms with Crippen molar-refractivity contribution in [3.05, 3.63) is 53.2 Å². The molecule has 3 heterocycles. The van der Waals surface area contributed by atoms with E-state index in [2.05, 4.69) is 14.5 Å². The molecule has 1 aromatic carbocycles. The van der Waals surface area contributed by atoms with Crippen molar-refractivity contribution in [2.75, 3.05) is 0 Å². The van der Waals surface area contributed by atoms with Crippen molar-refractivity contribution < 1.29 is 4.79 Å². The number of pyridine rings is 1. The van der Waals surface area contributed by atoms with Crippen molar-refractivity contribution in [3.63, 3.8) is 0 Å². The van der Waals surface area contributed by atoms with E-state index < -0.39 is 5.91 Å². The number of nitrogens with two attached hydrogens (primary N) is 1. The van der Waals surface area contributed by atoms with Gasteiger partial charge in [0.2, 0.25) is 0 Å². The maximum absolute atomic E-state index is 12.0. The number of nitrogens with zero attached hydrogens (tertiary/aromatic N) is 4. The minimum absolute atomic E-state index is 0.423. The Kier molecular flexibility index (Phi) is 4.00. The number of hydrogen-bond acceptors (Lipinski definition) is 5. The van der Waals surface area contributed by atoms with Crippen LogP contribution in [0.15, 0.2) is 42.6 Å². The molecule has 0 aliphatic heterocycles. The smallest absolute Gasteiger partial charge is 0.261 e. The van der Waals surface area contributed by atoms with Crippen LogP contribution in [-0.2, 0) is 13.5 Å². The van der Waals surface area contributed by atoms with E-state index in [9.17, 15) is 4.79 Å². The van der Waals surface area contributed by atoms with Crippen molar-refractivity contribution in [1.29, 1.82) is 0 Å². The van der Waals surface area contributed by atoms with Gasteiger partial charge in [-0.25, -0.2) is 0 Å². The Hall–Kier alpha value is -3.06. The fourth-order valence-corrected chi connectivity index (χ4v) is 3.77. The first kappa shape index (κ1) is 16.4. The predicted octanol–water partition coefficient (Wildman–Crippen LogP) is 3.42. The molecule has 1 amide bonds. The second kappa shape index (κ2) is 6.34. The summed E-state index contributed by atoms with van der Waals surface area (Å²) in [6, 6.07) is 11.7. The summed E-state index contributed by atoms with van der Waals surface area (Å²) in [7, 11) is 1.89. The number of fused-ring (bicyclic) bond motifs is 1. The van der Waals surface area contributed by atoms with E-state index in [-0.39, 0.29) is 0 Å². The number of aromatic nitrogens is 4. The first-order valence-electron chi connectivity index (χ1n) is 8.26. The quantitative estimate of drug-likeness (QED) is 0.602. The molecule has 0 fully saturated rings. The van der Waals surface area contributed by atoms with Crippen LogP contribution in [0, 0.1) is 0 Å². The molecule has 4 aromatic rings. The summed E-state index contributed by atoms with van der Waals surface area (Å²) in [5.41, 5.74) is 10.5. The molecule has 0 spiro atoms. The third kappa shape index (κ3) is 2.76. The molecule has 0 unspecified atom stereocenters. The lowest BCUT2D eigenvalue weighted by molar-refractivity contribution is 0.100. The first-order valence-corrected chi connectivity index (χ1v) is 9.03. The highest BCUT2D eigenvalue weighted by atomic mass is 32.1. The largest absolute Gasteiger partial charge is 0.365 e. The highest BCUT2D eigenvalue weighted by Crippen LogP contribution is 2.36. The SMILES string of the molecule is CCc1cccc(-c2c(-c3ccc4nn(C)cc4c3)nsc2C(N)=O)n1. The summed E-state index contributed by atoms with van der Waals surface area (Å²) in [6.45, 7) is 2.05. The molecule has 26 heavy (non-hydrogen) atoms. The molecular weight excluding hydrogens is 346 g/mol. The van der Waals surface area contributed by atoms with Gasteiger partial charge in [0.1, 0.15) is 4.88 Å². The molecule has 4 rings (SSSR count). The second-order valence-electron chi connectivity index (χ2n) is 6.04. The fourth-order valence-electron chi connectivity index (χ4n) is 3.01. The number of carbonyl (C=O) groups is 1. The van der Waals surface area contributed by atoms with Crippen molar-refractivity contribution in [1.82, 2.24) is 19.1 Å². The zero-order valence-corrected chi connectivity index (χ0v) is 15.2. The first-order chi connectivity index (χ1) is 12.6. The molecule has 0 radical (unpaired) electrons. The van der Waals surface area contributed by atoms with Crippen LogP contribution in [0.4, 0.5) is 0 Å². The van der Waals surface area contributed by atoms with Crippen LogP contribution in [0.2, 0.25) is 0 Å². The molecule has 2 N–H and O–H groups in total. The lowest BCUT2D eigenvalue weighted by atomic mass is 10.0. The van der Waals surface area contributed by atoms with Crippen molar-refractivity contribution >= 4 is 28.3 Å². The minimum atomic E-state index is -0.491. The molecule has 0 bridgehead atoms. The zero-order chi connectivity index (χ0) is 18.3. The van der Waals surface area contributed by atoms with Gasteiger partial charge in [0.15, 0.2) is 0 Å². The van der Waals surface area contributed by atoms with Crippen LogP contribution >= 0.6 is 11.5 Å². The van der Waals surface area contributed by atoms with Crippen molar-refractivity contribution in [2.45, 2.75) is 13.3 Å². The fraction of sp³-hybridized carbons (Fsp3) is 0.158. The number of primary amides is 1. The zero-order valence-electron chi connectivity index (χ0n) is 14.4. The Bertz CT molecular complexity index is 1130. The van der Waals surface area contributed by atoms with E-state index in [1.54, 1.807) is 4.68 Å². The number of amides is 1. The van der Waals surface area contributed by atoms with Gasteiger partial charge in [-0.1, -0.05) is 19.1 Å². The number of aryl methyl sites for hydroxylation is 2. The van der Waals surface area contributed by atoms with Crippen LogP contribution < -0.4 is 5.73 Å². The van der Waals surface area contributed by atoms with Gasteiger partial charge in [-0.3, -0.25) is 14.5 Å². The van der Waals surface area contributed by atoms with E-state index in [4.69, 9.17) is 5.73 Å². The molecule has 6 nitrogen and oxygen atoms in total. The predicted molar refractivity (Wildman–Crippen MR) is 103 cm³/mol. The topological polar surface area (TPSA) is 86.7 Å². The van der Waals surface area contributed by atoms with E-state index in [0.717, 1.165) is 45.8 Å². The Balaban J connectivity index is 1.94. The van der Waals surface area contributed by atoms with Gasteiger partial charge >= 0.3 is 0 Å². The summed E-state index contributed by atoms with van der Waals surface area (Å²) in [6.07, 6.45) is 2.77. The molecule has 0 saturated heterocycles. The molecule has 3 aromatic heterocycles. The molecule has 0 atom stereocenters. The van der Waals surface area contributed by atoms with Gasteiger partial charge in [0.25, 0.3) is 5.91 Å². The standard InChI is InChI=1S/C19H17N5OS/c1-3-13-5-4-6-15(21-13)16-17(23-26-18(16)19(20)25)11-7-8-14-12(9-11)10-24(2)22-14/h4-10H,3H2,1-2H3,(H2,20,25). The highest BCUT2D eigenvalue weighted by molar-refractivity contribution is 7.09. The molecular formula is C19H17N5OS. The molecule has 0 aliphatic carbocycles. The average Bonchev–Trinajstić information content (AvgIpc) is 3.23. The maximum atomic E-state index is 12.0. The summed E-state index contributed by atoms with van der Waals surface area (Å²) in [4.78, 5) is 17.1. The summed E-state index contributed by atoms with van der Waals surface area (Å²) >= 11 is 1.11. The molecule has 0 aliphatic rings. The normalized spacial score (nSPS) is 11.2. The molecule has 0 saturated carbocycles. The number of carbonyl (C=O) groups excluding carboxylic acids is 1. The summed E-state index contributed by atoms with van der Waals surface area (Å²) in [5.74, 6) is -0.491. The van der Waals surface area contributed by atoms with Gasteiger partial charge in [0, 0.05) is 29.9 Å². The Morgan fingerprint density at radius 2 is 2.12 bits per heavy atom. The van der Waals surface area contributed by atoms with Crippen LogP contribution in [-0.4, -0.2) is 25.0 Å². The van der Waals surface area contributed by atoms with E-state index in [0.29, 0.717) is 16.1 Å². The summed E-state index contributed by atoms with van der Waals surface area (Å²) in [5, 5.41) is 5.41. The number of benzene rings is 1. The van der Waals surface area contributed by atoms with Gasteiger partial charge in [-0.2, -0.15) is 9.47 Å². The van der Waals surface area contributed by atoms with E-state index >= 15 is 0 Å². The van der Waals surface area contributed by atoms with E-state index in [1.165, 1.54) is 0 Å². The van der Waals surface area contributed by atoms with Crippen molar-refractivity contribution in [2.24, 2.45) is 12.8 Å². The lowest BCUT2D eigenvalue weighted by Gasteiger charge is -2.06. The third-order valence-electron chi connectivity index (χ3n) is 4.23. The molecule has 130 valence electrons. The summed E-state index contributed by atoms with van der Waals surface area (Å²) < 4.78 is 6.30. The average molecular weight is 363 g/mol. The monoisotopic (exact) mass is 363 g/mol. The maximum Gasteiger partial charge on any atom is 0.261 e. The molecule has 7 heteroatoms. The van der Waals surface area contributed by atoms with Crippen molar-refractivity contribution in [3.8, 4) is 22.5 Å². The van der Waals surface area contributed by atoms with Gasteiger partial charge in [-0.15, -0.1) is 0 Å². The van der Waals surface area contributed by atoms with Gasteiger partial charge in [0.05, 0.1) is 22.5 Å². The lowest BCUT2D eigenvalue weighted by Crippen LogP contribution is -2.10. The highest BCUT2D eigenvalue weighted by Gasteiger charge is 2.22. The van der Waals surface area contributed by atoms with Crippen LogP contribution in [0.3, 0.4) is 0 Å².